The minimum atomic E-state index is -1.09. The van der Waals surface area contributed by atoms with E-state index in [0.29, 0.717) is 5.69 Å². The zero-order valence-corrected chi connectivity index (χ0v) is 18.0. The minimum absolute atomic E-state index is 0.0618. The summed E-state index contributed by atoms with van der Waals surface area (Å²) >= 11 is 1.49. The molecule has 1 aliphatic rings. The molecule has 4 nitrogen and oxygen atoms in total. The van der Waals surface area contributed by atoms with Gasteiger partial charge in [-0.25, -0.2) is 4.39 Å². The fraction of sp³-hybridized carbons (Fsp3) is 0.280. The average molecular weight is 437 g/mol. The Morgan fingerprint density at radius 3 is 2.39 bits per heavy atom. The number of carbonyl (C=O) groups is 2. The first-order chi connectivity index (χ1) is 15.1. The van der Waals surface area contributed by atoms with Crippen LogP contribution >= 0.6 is 11.3 Å². The molecule has 2 aromatic carbocycles. The summed E-state index contributed by atoms with van der Waals surface area (Å²) in [7, 11) is 0. The van der Waals surface area contributed by atoms with E-state index in [9.17, 15) is 14.0 Å². The van der Waals surface area contributed by atoms with Crippen LogP contribution in [0.4, 0.5) is 10.1 Å². The molecule has 1 heterocycles. The summed E-state index contributed by atoms with van der Waals surface area (Å²) in [6.45, 7) is 0. The van der Waals surface area contributed by atoms with Crippen molar-refractivity contribution in [2.24, 2.45) is 0 Å². The van der Waals surface area contributed by atoms with Crippen LogP contribution in [0.2, 0.25) is 0 Å². The number of halogens is 1. The van der Waals surface area contributed by atoms with Gasteiger partial charge in [0.1, 0.15) is 11.9 Å². The molecular formula is C25H25FN2O2S. The van der Waals surface area contributed by atoms with Crippen molar-refractivity contribution < 1.29 is 14.0 Å². The van der Waals surface area contributed by atoms with Gasteiger partial charge in [0.2, 0.25) is 11.8 Å². The Morgan fingerprint density at radius 2 is 1.71 bits per heavy atom. The number of thiophene rings is 1. The summed E-state index contributed by atoms with van der Waals surface area (Å²) in [5.41, 5.74) is 0.764. The number of hydrogen-bond acceptors (Lipinski definition) is 3. The van der Waals surface area contributed by atoms with Gasteiger partial charge in [0.15, 0.2) is 0 Å². The number of rotatable bonds is 7. The van der Waals surface area contributed by atoms with Crippen molar-refractivity contribution in [3.8, 4) is 0 Å². The van der Waals surface area contributed by atoms with Gasteiger partial charge in [0.05, 0.1) is 6.42 Å². The number of carbonyl (C=O) groups excluding carboxylic acids is 2. The van der Waals surface area contributed by atoms with Crippen LogP contribution in [0, 0.1) is 5.82 Å². The quantitative estimate of drug-likeness (QED) is 0.549. The fourth-order valence-electron chi connectivity index (χ4n) is 4.12. The molecule has 2 amide bonds. The van der Waals surface area contributed by atoms with Crippen molar-refractivity contribution in [3.05, 3.63) is 88.4 Å². The molecule has 1 aliphatic carbocycles. The number of amides is 2. The molecule has 160 valence electrons. The maximum absolute atomic E-state index is 14.9. The maximum Gasteiger partial charge on any atom is 0.248 e. The highest BCUT2D eigenvalue weighted by Gasteiger charge is 2.35. The highest BCUT2D eigenvalue weighted by molar-refractivity contribution is 7.10. The molecule has 0 bridgehead atoms. The number of para-hydroxylation sites is 1. The average Bonchev–Trinajstić information content (AvgIpc) is 3.47. The van der Waals surface area contributed by atoms with Crippen LogP contribution in [-0.4, -0.2) is 17.9 Å². The molecule has 4 rings (SSSR count). The normalized spacial score (nSPS) is 14.9. The lowest BCUT2D eigenvalue weighted by Crippen LogP contribution is -2.47. The molecule has 6 heteroatoms. The predicted octanol–water partition coefficient (Wildman–Crippen LogP) is 5.26. The van der Waals surface area contributed by atoms with Gasteiger partial charge in [-0.2, -0.15) is 0 Å². The second-order valence-corrected chi connectivity index (χ2v) is 8.80. The van der Waals surface area contributed by atoms with E-state index in [4.69, 9.17) is 0 Å². The van der Waals surface area contributed by atoms with Gasteiger partial charge >= 0.3 is 0 Å². The van der Waals surface area contributed by atoms with Gasteiger partial charge in [0.25, 0.3) is 0 Å². The summed E-state index contributed by atoms with van der Waals surface area (Å²) in [5, 5.41) is 4.99. The molecule has 1 saturated carbocycles. The number of benzene rings is 2. The number of nitrogens with zero attached hydrogens (tertiary/aromatic N) is 1. The number of anilines is 1. The molecule has 1 aromatic heterocycles. The first-order valence-corrected chi connectivity index (χ1v) is 11.5. The van der Waals surface area contributed by atoms with E-state index in [0.717, 1.165) is 30.6 Å². The van der Waals surface area contributed by atoms with Crippen LogP contribution in [0.1, 0.15) is 42.2 Å². The molecule has 0 unspecified atom stereocenters. The zero-order chi connectivity index (χ0) is 21.6. The van der Waals surface area contributed by atoms with Gasteiger partial charge in [-0.05, 0) is 42.5 Å². The molecule has 0 radical (unpaired) electrons. The predicted molar refractivity (Wildman–Crippen MR) is 121 cm³/mol. The molecule has 3 aromatic rings. The summed E-state index contributed by atoms with van der Waals surface area (Å²) in [4.78, 5) is 29.4. The second-order valence-electron chi connectivity index (χ2n) is 7.77. The molecule has 31 heavy (non-hydrogen) atoms. The third-order valence-corrected chi connectivity index (χ3v) is 6.49. The van der Waals surface area contributed by atoms with Crippen molar-refractivity contribution >= 4 is 28.8 Å². The van der Waals surface area contributed by atoms with Gasteiger partial charge in [-0.15, -0.1) is 11.3 Å². The van der Waals surface area contributed by atoms with Crippen LogP contribution < -0.4 is 10.2 Å². The van der Waals surface area contributed by atoms with Gasteiger partial charge < -0.3 is 5.32 Å². The molecule has 0 spiro atoms. The van der Waals surface area contributed by atoms with Crippen LogP contribution in [0.3, 0.4) is 0 Å². The van der Waals surface area contributed by atoms with E-state index < -0.39 is 11.9 Å². The van der Waals surface area contributed by atoms with Gasteiger partial charge in [-0.1, -0.05) is 55.3 Å². The molecule has 0 aliphatic heterocycles. The fourth-order valence-corrected chi connectivity index (χ4v) is 4.81. The zero-order valence-electron chi connectivity index (χ0n) is 17.2. The Balaban J connectivity index is 1.75. The second kappa shape index (κ2) is 9.88. The van der Waals surface area contributed by atoms with E-state index in [1.807, 2.05) is 35.7 Å². The van der Waals surface area contributed by atoms with Crippen molar-refractivity contribution in [3.63, 3.8) is 0 Å². The van der Waals surface area contributed by atoms with E-state index in [2.05, 4.69) is 5.32 Å². The lowest BCUT2D eigenvalue weighted by atomic mass is 10.0. The first kappa shape index (κ1) is 21.2. The number of hydrogen-bond donors (Lipinski definition) is 1. The maximum atomic E-state index is 14.9. The van der Waals surface area contributed by atoms with Gasteiger partial charge in [0, 0.05) is 22.2 Å². The van der Waals surface area contributed by atoms with E-state index >= 15 is 0 Å². The summed E-state index contributed by atoms with van der Waals surface area (Å²) in [6.07, 6.45) is 4.09. The highest BCUT2D eigenvalue weighted by Crippen LogP contribution is 2.31. The van der Waals surface area contributed by atoms with Crippen LogP contribution in [0.25, 0.3) is 0 Å². The van der Waals surface area contributed by atoms with E-state index in [1.54, 1.807) is 30.3 Å². The van der Waals surface area contributed by atoms with Crippen LogP contribution in [0.15, 0.2) is 72.1 Å². The Hall–Kier alpha value is -2.99. The van der Waals surface area contributed by atoms with Crippen molar-refractivity contribution in [2.75, 3.05) is 4.90 Å². The molecule has 1 fully saturated rings. The van der Waals surface area contributed by atoms with Crippen molar-refractivity contribution in [1.82, 2.24) is 5.32 Å². The first-order valence-electron chi connectivity index (χ1n) is 10.6. The Kier molecular flexibility index (Phi) is 6.77. The smallest absolute Gasteiger partial charge is 0.248 e. The Bertz CT molecular complexity index is 1020. The standard InChI is InChI=1S/C25H25FN2O2S/c26-22-15-7-6-14-21(22)24(25(30)27-18-9-4-5-10-18)28(19-11-2-1-3-12-19)23(29)17-20-13-8-16-31-20/h1-3,6-8,11-16,18,24H,4-5,9-10,17H2,(H,27,30)/t24-/m0/s1. The van der Waals surface area contributed by atoms with E-state index in [1.165, 1.54) is 22.3 Å². The van der Waals surface area contributed by atoms with Crippen molar-refractivity contribution in [1.29, 1.82) is 0 Å². The monoisotopic (exact) mass is 436 g/mol. The molecule has 1 N–H and O–H groups in total. The summed E-state index contributed by atoms with van der Waals surface area (Å²) < 4.78 is 14.9. The molecule has 1 atom stereocenters. The van der Waals surface area contributed by atoms with Gasteiger partial charge in [-0.3, -0.25) is 14.5 Å². The van der Waals surface area contributed by atoms with Crippen molar-refractivity contribution in [2.45, 2.75) is 44.2 Å². The highest BCUT2D eigenvalue weighted by atomic mass is 32.1. The number of nitrogens with one attached hydrogen (secondary N) is 1. The topological polar surface area (TPSA) is 49.4 Å². The largest absolute Gasteiger partial charge is 0.351 e. The molecule has 0 saturated heterocycles. The van der Waals surface area contributed by atoms with Crippen LogP contribution in [0.5, 0.6) is 0 Å². The minimum Gasteiger partial charge on any atom is -0.351 e. The third kappa shape index (κ3) is 5.02. The summed E-state index contributed by atoms with van der Waals surface area (Å²) in [6, 6.07) is 18.0. The van der Waals surface area contributed by atoms with Crippen LogP contribution in [-0.2, 0) is 16.0 Å². The third-order valence-electron chi connectivity index (χ3n) is 5.62. The lowest BCUT2D eigenvalue weighted by Gasteiger charge is -2.32. The van der Waals surface area contributed by atoms with E-state index in [-0.39, 0.29) is 29.8 Å². The summed E-state index contributed by atoms with van der Waals surface area (Å²) in [5.74, 6) is -1.09. The lowest BCUT2D eigenvalue weighted by molar-refractivity contribution is -0.127. The Morgan fingerprint density at radius 1 is 1.00 bits per heavy atom. The molecular weight excluding hydrogens is 411 g/mol. The Labute approximate surface area is 185 Å². The SMILES string of the molecule is O=C(NC1CCCC1)[C@H](c1ccccc1F)N(C(=O)Cc1cccs1)c1ccccc1.